The Hall–Kier alpha value is -2.40. The zero-order valence-corrected chi connectivity index (χ0v) is 15.0. The molecule has 2 atom stereocenters. The Bertz CT molecular complexity index is 686. The molecule has 1 amide bonds. The normalized spacial score (nSPS) is 14.4. The third kappa shape index (κ3) is 5.57. The Labute approximate surface area is 149 Å². The minimum absolute atomic E-state index is 0.0479. The number of pyridine rings is 1. The van der Waals surface area contributed by atoms with Crippen LogP contribution in [0.1, 0.15) is 49.5 Å². The lowest BCUT2D eigenvalue weighted by Crippen LogP contribution is -2.31. The van der Waals surface area contributed by atoms with Crippen molar-refractivity contribution in [2.24, 2.45) is 0 Å². The van der Waals surface area contributed by atoms with Crippen molar-refractivity contribution in [1.82, 2.24) is 10.3 Å². The van der Waals surface area contributed by atoms with E-state index >= 15 is 0 Å². The first kappa shape index (κ1) is 18.9. The largest absolute Gasteiger partial charge is 0.475 e. The average Bonchev–Trinajstić information content (AvgIpc) is 2.62. The van der Waals surface area contributed by atoms with Gasteiger partial charge in [0.2, 0.25) is 5.88 Å². The van der Waals surface area contributed by atoms with Crippen molar-refractivity contribution in [3.05, 3.63) is 59.8 Å². The zero-order valence-electron chi connectivity index (χ0n) is 15.0. The summed E-state index contributed by atoms with van der Waals surface area (Å²) in [4.78, 5) is 16.4. The van der Waals surface area contributed by atoms with E-state index in [-0.39, 0.29) is 12.0 Å². The lowest BCUT2D eigenvalue weighted by Gasteiger charge is -2.24. The zero-order chi connectivity index (χ0) is 18.3. The molecule has 134 valence electrons. The number of carbonyl (C=O) groups excluding carboxylic acids is 1. The maximum absolute atomic E-state index is 12.3. The second kappa shape index (κ2) is 8.62. The molecule has 2 aromatic rings. The van der Waals surface area contributed by atoms with Crippen LogP contribution in [0.5, 0.6) is 5.88 Å². The van der Waals surface area contributed by atoms with Crippen molar-refractivity contribution in [2.75, 3.05) is 6.54 Å². The molecule has 0 unspecified atom stereocenters. The molecule has 0 aliphatic carbocycles. The highest BCUT2D eigenvalue weighted by molar-refractivity contribution is 5.94. The molecule has 5 heteroatoms. The summed E-state index contributed by atoms with van der Waals surface area (Å²) < 4.78 is 5.64. The van der Waals surface area contributed by atoms with E-state index in [0.29, 0.717) is 24.4 Å². The molecule has 5 nitrogen and oxygen atoms in total. The van der Waals surface area contributed by atoms with Crippen molar-refractivity contribution < 1.29 is 14.6 Å². The molecule has 0 fully saturated rings. The van der Waals surface area contributed by atoms with Crippen molar-refractivity contribution in [2.45, 2.75) is 45.3 Å². The van der Waals surface area contributed by atoms with E-state index in [1.807, 2.05) is 44.2 Å². The van der Waals surface area contributed by atoms with Gasteiger partial charge in [-0.1, -0.05) is 37.3 Å². The van der Waals surface area contributed by atoms with Crippen molar-refractivity contribution in [3.8, 4) is 5.88 Å². The quantitative estimate of drug-likeness (QED) is 0.772. The Kier molecular flexibility index (Phi) is 6.53. The number of benzene rings is 1. The second-order valence-corrected chi connectivity index (χ2v) is 6.37. The highest BCUT2D eigenvalue weighted by Crippen LogP contribution is 2.23. The lowest BCUT2D eigenvalue weighted by atomic mass is 9.92. The third-order valence-corrected chi connectivity index (χ3v) is 4.19. The maximum atomic E-state index is 12.3. The topological polar surface area (TPSA) is 71.5 Å². The predicted molar refractivity (Wildman–Crippen MR) is 97.6 cm³/mol. The van der Waals surface area contributed by atoms with Crippen LogP contribution in [0.15, 0.2) is 48.7 Å². The van der Waals surface area contributed by atoms with Crippen LogP contribution in [0, 0.1) is 0 Å². The van der Waals surface area contributed by atoms with E-state index in [1.165, 1.54) is 0 Å². The van der Waals surface area contributed by atoms with E-state index in [9.17, 15) is 9.90 Å². The molecule has 1 aromatic heterocycles. The van der Waals surface area contributed by atoms with Gasteiger partial charge >= 0.3 is 0 Å². The van der Waals surface area contributed by atoms with Gasteiger partial charge in [0.25, 0.3) is 5.91 Å². The van der Waals surface area contributed by atoms with Crippen LogP contribution >= 0.6 is 0 Å². The number of rotatable bonds is 8. The second-order valence-electron chi connectivity index (χ2n) is 6.37. The van der Waals surface area contributed by atoms with Gasteiger partial charge in [-0.05, 0) is 38.3 Å². The summed E-state index contributed by atoms with van der Waals surface area (Å²) in [6.07, 6.45) is 2.90. The van der Waals surface area contributed by atoms with Crippen molar-refractivity contribution in [1.29, 1.82) is 0 Å². The van der Waals surface area contributed by atoms with Crippen molar-refractivity contribution >= 4 is 5.91 Å². The van der Waals surface area contributed by atoms with Crippen LogP contribution in [-0.4, -0.2) is 28.6 Å². The molecule has 0 aliphatic heterocycles. The van der Waals surface area contributed by atoms with E-state index in [2.05, 4.69) is 10.3 Å². The summed E-state index contributed by atoms with van der Waals surface area (Å²) in [7, 11) is 0. The summed E-state index contributed by atoms with van der Waals surface area (Å²) in [5.74, 6) is 0.235. The minimum Gasteiger partial charge on any atom is -0.475 e. The highest BCUT2D eigenvalue weighted by atomic mass is 16.5. The molecule has 1 heterocycles. The van der Waals surface area contributed by atoms with Crippen LogP contribution in [0.4, 0.5) is 0 Å². The van der Waals surface area contributed by atoms with E-state index < -0.39 is 5.60 Å². The lowest BCUT2D eigenvalue weighted by molar-refractivity contribution is 0.0475. The van der Waals surface area contributed by atoms with Gasteiger partial charge in [0.15, 0.2) is 0 Å². The first-order valence-electron chi connectivity index (χ1n) is 8.61. The molecule has 0 saturated heterocycles. The van der Waals surface area contributed by atoms with Gasteiger partial charge in [-0.15, -0.1) is 0 Å². The highest BCUT2D eigenvalue weighted by Gasteiger charge is 2.22. The van der Waals surface area contributed by atoms with E-state index in [0.717, 1.165) is 12.0 Å². The van der Waals surface area contributed by atoms with E-state index in [1.54, 1.807) is 25.3 Å². The number of nitrogens with one attached hydrogen (secondary N) is 1. The summed E-state index contributed by atoms with van der Waals surface area (Å²) in [5.41, 5.74) is 0.336. The summed E-state index contributed by atoms with van der Waals surface area (Å²) in [5, 5.41) is 13.4. The predicted octanol–water partition coefficient (Wildman–Crippen LogP) is 3.29. The van der Waals surface area contributed by atoms with Crippen LogP contribution in [-0.2, 0) is 5.60 Å². The Morgan fingerprint density at radius 2 is 2.04 bits per heavy atom. The number of hydrogen-bond acceptors (Lipinski definition) is 4. The van der Waals surface area contributed by atoms with E-state index in [4.69, 9.17) is 4.74 Å². The number of amides is 1. The first-order chi connectivity index (χ1) is 11.9. The fourth-order valence-corrected chi connectivity index (χ4v) is 2.37. The van der Waals surface area contributed by atoms with Crippen LogP contribution in [0.2, 0.25) is 0 Å². The summed E-state index contributed by atoms with van der Waals surface area (Å²) >= 11 is 0. The molecule has 1 aromatic carbocycles. The van der Waals surface area contributed by atoms with Gasteiger partial charge in [0, 0.05) is 24.4 Å². The van der Waals surface area contributed by atoms with Gasteiger partial charge in [0.05, 0.1) is 11.7 Å². The molecular weight excluding hydrogens is 316 g/mol. The number of aliphatic hydroxyl groups is 1. The van der Waals surface area contributed by atoms with Gasteiger partial charge in [-0.3, -0.25) is 4.79 Å². The summed E-state index contributed by atoms with van der Waals surface area (Å²) in [6.45, 7) is 6.10. The third-order valence-electron chi connectivity index (χ3n) is 4.19. The van der Waals surface area contributed by atoms with Gasteiger partial charge in [-0.25, -0.2) is 4.98 Å². The maximum Gasteiger partial charge on any atom is 0.251 e. The molecule has 0 radical (unpaired) electrons. The number of hydrogen-bond donors (Lipinski definition) is 2. The monoisotopic (exact) mass is 342 g/mol. The van der Waals surface area contributed by atoms with Crippen molar-refractivity contribution in [3.63, 3.8) is 0 Å². The molecule has 0 bridgehead atoms. The van der Waals surface area contributed by atoms with Gasteiger partial charge in [-0.2, -0.15) is 0 Å². The Balaban J connectivity index is 1.91. The van der Waals surface area contributed by atoms with Gasteiger partial charge < -0.3 is 15.2 Å². The summed E-state index contributed by atoms with van der Waals surface area (Å²) in [6, 6.07) is 12.7. The molecule has 2 rings (SSSR count). The number of ether oxygens (including phenoxy) is 1. The smallest absolute Gasteiger partial charge is 0.251 e. The number of aromatic nitrogens is 1. The fraction of sp³-hybridized carbons (Fsp3) is 0.400. The number of nitrogens with zero attached hydrogens (tertiary/aromatic N) is 1. The minimum atomic E-state index is -0.988. The molecule has 0 spiro atoms. The Morgan fingerprint density at radius 1 is 1.32 bits per heavy atom. The standard InChI is InChI=1S/C20H26N2O3/c1-4-15(2)25-18-14-16(10-12-21-18)19(23)22-13-11-20(3,24)17-8-6-5-7-9-17/h5-10,12,14-15,24H,4,11,13H2,1-3H3,(H,22,23)/t15-,20-/m0/s1. The number of carbonyl (C=O) groups is 1. The van der Waals surface area contributed by atoms with Crippen LogP contribution in [0.25, 0.3) is 0 Å². The first-order valence-corrected chi connectivity index (χ1v) is 8.61. The molecule has 2 N–H and O–H groups in total. The average molecular weight is 342 g/mol. The van der Waals surface area contributed by atoms with Gasteiger partial charge in [0.1, 0.15) is 0 Å². The molecular formula is C20H26N2O3. The molecule has 25 heavy (non-hydrogen) atoms. The Morgan fingerprint density at radius 3 is 2.72 bits per heavy atom. The fourth-order valence-electron chi connectivity index (χ4n) is 2.37. The SMILES string of the molecule is CC[C@H](C)Oc1cc(C(=O)NCC[C@](C)(O)c2ccccc2)ccn1. The molecule has 0 aliphatic rings. The van der Waals surface area contributed by atoms with Crippen LogP contribution < -0.4 is 10.1 Å². The van der Waals surface area contributed by atoms with Crippen LogP contribution in [0.3, 0.4) is 0 Å². The molecule has 0 saturated carbocycles.